The SMILES string of the molecule is CC(=O)OOC(C)=O.CC(C)(C)OC(=O)N1CCC(=O)C(F)C1.C[C@@H]1CN([C@@H]2CCN(C(=O)OC(C)(C)C)C[C@@H]2F)C[C@H](C)O1.C[C@@H]1CN([C@@H]2CCNC[C@@H]2F)C[C@H](C)O1.C[C@@H]1CNC[C@H](C)O1.[2H]CC.[B-]OC(C)=O.[C-]#[N+]c1ccc(-c2cccc3c(OC)c(Br)cnc23)cc1.[C-]#[N+]c1ccc(-c2cccc3c(OC)c(N4CC[C@@H](N5C[C@@H](C)O[C@@H](C)C5)[C@@H](F)C4)cnc23)cc1.[Na+]. The Balaban J connectivity index is 0.000000283. The minimum absolute atomic E-state index is 0. The van der Waals surface area contributed by atoms with E-state index in [0.29, 0.717) is 62.3 Å². The molecule has 36 heteroatoms. The van der Waals surface area contributed by atoms with Crippen LogP contribution in [-0.2, 0) is 62.0 Å². The summed E-state index contributed by atoms with van der Waals surface area (Å²) in [5.41, 5.74) is 6.65. The summed E-state index contributed by atoms with van der Waals surface area (Å²) in [4.78, 5) is 98.9. The van der Waals surface area contributed by atoms with Crippen LogP contribution in [-0.4, -0.2) is 300 Å². The standard InChI is InChI=1S/C28H31FN4O2.C17H11BrN2O.C16H29FN2O3.C11H21FN2O.C10H16FNO3.C6H13NO.C4H6O4.C2H3BO2.C2H6.Na/c1-18-15-33(16-19(2)35-18)25-12-13-32(17-24(25)29)26-14-31-27-22(6-5-7-23(27)28(26)34-4)20-8-10-21(30-3)11-9-20;1-19-12-8-6-11(7-9-12)13-4-3-5-14-16(13)20-10-15(18)17(14)21-2;1-11-8-19(9-12(2)21-11)14-6-7-18(10-13(14)17)15(20)22-16(3,4)5;1-8-6-14(7-9(2)15-8)11-3-4-13-5-10(11)12;1-10(2,3)15-9(14)12-5-4-8(13)7(11)6-12;1-5-3-7-4-6(2)8-5;1-3(5)7-8-4(2)6;1-2(4)5-3;1-2;/h5-11,14,18-19,24-25H,12-13,15-17H2,1-2,4H3;3-10H,2H3;11-14H,6-10H2,1-5H3;8-11,13H,3-7H2,1-2H3;7H,4-6H2,1-3H3;5-7H,3-4H2,1-2H3;1-2H3;1H3;1-2H3;/q;;;;;;;-1;;+1/t18-,19+,24-,25+;;11-,12+,13-,14+;8-,9+,10-,11+;;5-,6+;;;;/m0.00....../s1/i;;;;;;;;1D;. The number of amides is 2. The number of rotatable bonds is 8. The molecule has 8 aliphatic heterocycles. The first-order chi connectivity index (χ1) is 62.4. The van der Waals surface area contributed by atoms with Gasteiger partial charge in [-0.25, -0.2) is 56.2 Å². The number of fused-ring (bicyclic) bond motifs is 2. The minimum atomic E-state index is -1.56. The van der Waals surface area contributed by atoms with Gasteiger partial charge in [-0.1, -0.05) is 86.6 Å². The number of ketones is 1. The van der Waals surface area contributed by atoms with Crippen LogP contribution in [0.3, 0.4) is 0 Å². The van der Waals surface area contributed by atoms with Crippen molar-refractivity contribution in [2.45, 2.75) is 260 Å². The molecule has 10 heterocycles. The van der Waals surface area contributed by atoms with Crippen LogP contribution >= 0.6 is 15.9 Å². The summed E-state index contributed by atoms with van der Waals surface area (Å²) in [6.07, 6.45) is 2.42. The fourth-order valence-electron chi connectivity index (χ4n) is 16.3. The smallest absolute Gasteiger partial charge is 0.793 e. The van der Waals surface area contributed by atoms with Crippen molar-refractivity contribution in [2.24, 2.45) is 0 Å². The Hall–Kier alpha value is -8.40. The van der Waals surface area contributed by atoms with Gasteiger partial charge in [-0.05, 0) is 162 Å². The number of pyridine rings is 2. The van der Waals surface area contributed by atoms with E-state index in [0.717, 1.165) is 152 Å². The summed E-state index contributed by atoms with van der Waals surface area (Å²) in [5, 5.41) is 8.20. The van der Waals surface area contributed by atoms with Crippen molar-refractivity contribution < 1.29 is 130 Å². The van der Waals surface area contributed by atoms with Gasteiger partial charge in [0.1, 0.15) is 35.5 Å². The molecule has 6 aromatic rings. The zero-order valence-corrected chi connectivity index (χ0v) is 84.2. The Morgan fingerprint density at radius 2 is 0.909 bits per heavy atom. The van der Waals surface area contributed by atoms with Crippen LogP contribution in [0.2, 0.25) is 0 Å². The van der Waals surface area contributed by atoms with E-state index in [-0.39, 0.29) is 110 Å². The summed E-state index contributed by atoms with van der Waals surface area (Å²) in [5.74, 6) is -0.686. The van der Waals surface area contributed by atoms with E-state index < -0.39 is 71.8 Å². The third kappa shape index (κ3) is 37.0. The zero-order valence-electron chi connectivity index (χ0n) is 81.6. The molecule has 2 aromatic heterocycles. The number of likely N-dealkylation sites (tertiary alicyclic amines) is 2. The van der Waals surface area contributed by atoms with Crippen LogP contribution in [0.15, 0.2) is 102 Å². The second kappa shape index (κ2) is 56.2. The normalized spacial score (nSPS) is 25.0. The monoisotopic (exact) mass is 1920 g/mol. The van der Waals surface area contributed by atoms with E-state index in [1.807, 2.05) is 126 Å². The topological polar surface area (TPSA) is 282 Å². The quantitative estimate of drug-likeness (QED) is 0.0471. The molecular formula is C96H136BBrF4N12NaO17. The molecule has 1 unspecified atom stereocenters. The number of Topliss-reactive ketones (excluding diaryl/α,β-unsaturated/α-hetero) is 1. The number of benzene rings is 4. The number of morpholine rings is 4. The maximum atomic E-state index is 15.5. The molecule has 0 spiro atoms. The van der Waals surface area contributed by atoms with Crippen LogP contribution in [0.25, 0.3) is 53.7 Å². The predicted octanol–water partition coefficient (Wildman–Crippen LogP) is 13.6. The Labute approximate surface area is 810 Å². The number of anilines is 1. The van der Waals surface area contributed by atoms with E-state index in [2.05, 4.69) is 125 Å². The molecule has 15 atom stereocenters. The van der Waals surface area contributed by atoms with Crippen molar-refractivity contribution in [3.05, 3.63) is 125 Å². The fourth-order valence-corrected chi connectivity index (χ4v) is 16.8. The second-order valence-corrected chi connectivity index (χ2v) is 36.0. The molecule has 721 valence electrons. The molecule has 29 nitrogen and oxygen atoms in total. The number of para-hydroxylation sites is 2. The molecule has 0 saturated carbocycles. The van der Waals surface area contributed by atoms with Crippen LogP contribution in [0, 0.1) is 13.1 Å². The Morgan fingerprint density at radius 1 is 0.523 bits per heavy atom. The molecular weight excluding hydrogens is 1780 g/mol. The number of carbonyl (C=O) groups excluding carboxylic acids is 6. The van der Waals surface area contributed by atoms with E-state index in [9.17, 15) is 41.9 Å². The Morgan fingerprint density at radius 3 is 1.27 bits per heavy atom. The van der Waals surface area contributed by atoms with Gasteiger partial charge in [-0.3, -0.25) is 34.3 Å². The molecule has 14 rings (SSSR count). The van der Waals surface area contributed by atoms with Gasteiger partial charge >= 0.3 is 53.7 Å². The summed E-state index contributed by atoms with van der Waals surface area (Å²) in [7, 11) is 7.63. The number of hydrogen-bond acceptors (Lipinski definition) is 25. The summed E-state index contributed by atoms with van der Waals surface area (Å²) in [6.45, 7) is 57.2. The van der Waals surface area contributed by atoms with Crippen molar-refractivity contribution in [3.8, 4) is 33.8 Å². The van der Waals surface area contributed by atoms with Crippen molar-refractivity contribution in [2.75, 3.05) is 124 Å². The zero-order chi connectivity index (χ0) is 97.9. The average molecular weight is 1920 g/mol. The largest absolute Gasteiger partial charge is 1.00 e. The minimum Gasteiger partial charge on any atom is -0.793 e. The first-order valence-electron chi connectivity index (χ1n) is 45.2. The molecule has 4 aromatic carbocycles. The molecule has 132 heavy (non-hydrogen) atoms. The third-order valence-electron chi connectivity index (χ3n) is 21.6. The number of nitrogens with one attached hydrogen (secondary N) is 2. The Bertz CT molecular complexity index is 4670. The van der Waals surface area contributed by atoms with E-state index >= 15 is 4.39 Å². The number of piperidine rings is 4. The number of ether oxygens (including phenoxy) is 8. The maximum Gasteiger partial charge on any atom is 1.00 e. The maximum absolute atomic E-state index is 15.5. The molecule has 0 bridgehead atoms. The van der Waals surface area contributed by atoms with E-state index in [1.165, 1.54) is 16.7 Å². The number of hydrogen-bond donors (Lipinski definition) is 2. The first-order valence-corrected chi connectivity index (χ1v) is 45.3. The van der Waals surface area contributed by atoms with Gasteiger partial charge in [0.15, 0.2) is 29.1 Å². The second-order valence-electron chi connectivity index (χ2n) is 35.1. The average Bonchev–Trinajstić information content (AvgIpc) is 0.776. The van der Waals surface area contributed by atoms with Crippen LogP contribution < -0.4 is 54.6 Å². The van der Waals surface area contributed by atoms with E-state index in [4.69, 9.17) is 57.4 Å². The van der Waals surface area contributed by atoms with Gasteiger partial charge < -0.3 is 75.9 Å². The van der Waals surface area contributed by atoms with E-state index in [1.54, 1.807) is 48.1 Å². The van der Waals surface area contributed by atoms with Crippen LogP contribution in [0.4, 0.5) is 44.2 Å². The van der Waals surface area contributed by atoms with Gasteiger partial charge in [0, 0.05) is 153 Å². The summed E-state index contributed by atoms with van der Waals surface area (Å²) < 4.78 is 112. The van der Waals surface area contributed by atoms with Crippen molar-refractivity contribution in [3.63, 3.8) is 0 Å². The summed E-state index contributed by atoms with van der Waals surface area (Å²) in [6, 6.07) is 26.9. The molecule has 2 N–H and O–H groups in total. The summed E-state index contributed by atoms with van der Waals surface area (Å²) >= 11 is 3.46. The van der Waals surface area contributed by atoms with Crippen molar-refractivity contribution in [1.29, 1.82) is 0 Å². The molecule has 8 saturated heterocycles. The van der Waals surface area contributed by atoms with Gasteiger partial charge in [-0.2, -0.15) is 0 Å². The van der Waals surface area contributed by atoms with Gasteiger partial charge in [0.25, 0.3) is 0 Å². The fraction of sp³-hybridized carbons (Fsp3) is 0.604. The van der Waals surface area contributed by atoms with Gasteiger partial charge in [0.2, 0.25) is 5.97 Å². The van der Waals surface area contributed by atoms with Gasteiger partial charge in [0.05, 0.1) is 123 Å². The third-order valence-corrected chi connectivity index (χ3v) is 22.1. The number of methoxy groups -OCH3 is 2. The number of halogens is 5. The molecule has 3 radical (unpaired) electrons. The molecule has 8 aliphatic rings. The van der Waals surface area contributed by atoms with Gasteiger partial charge in [-0.15, -0.1) is 0 Å². The predicted molar refractivity (Wildman–Crippen MR) is 503 cm³/mol. The van der Waals surface area contributed by atoms with Crippen molar-refractivity contribution >= 4 is 98.7 Å². The van der Waals surface area contributed by atoms with Crippen LogP contribution in [0.1, 0.15) is 159 Å². The molecule has 8 fully saturated rings. The molecule has 2 amide bonds. The molecule has 0 aliphatic carbocycles. The van der Waals surface area contributed by atoms with Crippen LogP contribution in [0.5, 0.6) is 11.5 Å². The number of alkyl halides is 4. The van der Waals surface area contributed by atoms with Crippen molar-refractivity contribution in [1.82, 2.24) is 45.1 Å². The number of aromatic nitrogens is 2. The number of carbonyl (C=O) groups is 6. The Kier molecular flexibility index (Phi) is 47.8. The number of nitrogens with zero attached hydrogens (tertiary/aromatic N) is 10. The first kappa shape index (κ1) is 112.